The van der Waals surface area contributed by atoms with Crippen LogP contribution in [-0.2, 0) is 9.53 Å². The van der Waals surface area contributed by atoms with Crippen LogP contribution in [0.5, 0.6) is 0 Å². The second kappa shape index (κ2) is 5.44. The van der Waals surface area contributed by atoms with E-state index in [0.717, 1.165) is 0 Å². The number of hydrogen-bond acceptors (Lipinski definition) is 4. The van der Waals surface area contributed by atoms with Crippen LogP contribution in [0.4, 0.5) is 0 Å². The fraction of sp³-hybridized carbons (Fsp3) is 0.462. The molecule has 0 saturated carbocycles. The van der Waals surface area contributed by atoms with Crippen molar-refractivity contribution in [1.29, 1.82) is 5.26 Å². The third-order valence-corrected chi connectivity index (χ3v) is 1.99. The molecule has 1 heterocycles. The molecule has 0 radical (unpaired) electrons. The molecule has 4 heteroatoms. The normalized spacial score (nSPS) is 12.6. The Morgan fingerprint density at radius 3 is 2.71 bits per heavy atom. The van der Waals surface area contributed by atoms with E-state index in [1.54, 1.807) is 45.2 Å². The highest BCUT2D eigenvalue weighted by Crippen LogP contribution is 2.18. The lowest BCUT2D eigenvalue weighted by molar-refractivity contribution is -0.155. The Morgan fingerprint density at radius 1 is 1.53 bits per heavy atom. The van der Waals surface area contributed by atoms with Gasteiger partial charge in [-0.2, -0.15) is 5.26 Å². The number of carbonyl (C=O) groups is 1. The van der Waals surface area contributed by atoms with Crippen LogP contribution in [0, 0.1) is 11.3 Å². The van der Waals surface area contributed by atoms with Gasteiger partial charge in [-0.05, 0) is 32.9 Å². The minimum atomic E-state index is -0.550. The first-order valence-corrected chi connectivity index (χ1v) is 5.45. The lowest BCUT2D eigenvalue weighted by Crippen LogP contribution is -2.24. The minimum Gasteiger partial charge on any atom is -0.460 e. The van der Waals surface area contributed by atoms with Crippen LogP contribution >= 0.6 is 0 Å². The quantitative estimate of drug-likeness (QED) is 0.751. The first-order chi connectivity index (χ1) is 7.92. The second-order valence-corrected chi connectivity index (χ2v) is 4.73. The molecule has 1 aromatic rings. The maximum absolute atomic E-state index is 11.6. The summed E-state index contributed by atoms with van der Waals surface area (Å²) < 4.78 is 5.17. The highest BCUT2D eigenvalue weighted by atomic mass is 16.6. The summed E-state index contributed by atoms with van der Waals surface area (Å²) in [6.45, 7) is 5.40. The van der Waals surface area contributed by atoms with Gasteiger partial charge in [-0.3, -0.25) is 9.78 Å². The van der Waals surface area contributed by atoms with Gasteiger partial charge < -0.3 is 4.74 Å². The Bertz CT molecular complexity index is 415. The molecule has 0 aliphatic rings. The SMILES string of the molecule is CC(C)(C)OC(=O)CC(C#N)c1ccccn1. The van der Waals surface area contributed by atoms with Gasteiger partial charge in [0.1, 0.15) is 5.60 Å². The number of aromatic nitrogens is 1. The van der Waals surface area contributed by atoms with Crippen LogP contribution in [-0.4, -0.2) is 16.6 Å². The van der Waals surface area contributed by atoms with E-state index in [1.165, 1.54) is 0 Å². The van der Waals surface area contributed by atoms with Crippen LogP contribution in [0.2, 0.25) is 0 Å². The van der Waals surface area contributed by atoms with Gasteiger partial charge in [-0.25, -0.2) is 0 Å². The molecule has 0 bridgehead atoms. The molecule has 1 unspecified atom stereocenters. The first-order valence-electron chi connectivity index (χ1n) is 5.45. The monoisotopic (exact) mass is 232 g/mol. The molecule has 0 fully saturated rings. The molecule has 90 valence electrons. The largest absolute Gasteiger partial charge is 0.460 e. The van der Waals surface area contributed by atoms with Crippen molar-refractivity contribution in [2.45, 2.75) is 38.7 Å². The number of pyridine rings is 1. The van der Waals surface area contributed by atoms with Gasteiger partial charge in [-0.1, -0.05) is 6.07 Å². The van der Waals surface area contributed by atoms with Crippen LogP contribution in [0.25, 0.3) is 0 Å². The number of esters is 1. The average Bonchev–Trinajstić information content (AvgIpc) is 2.24. The molecule has 4 nitrogen and oxygen atoms in total. The topological polar surface area (TPSA) is 63.0 Å². The van der Waals surface area contributed by atoms with Gasteiger partial charge in [0.2, 0.25) is 0 Å². The van der Waals surface area contributed by atoms with E-state index in [0.29, 0.717) is 5.69 Å². The Morgan fingerprint density at radius 2 is 2.24 bits per heavy atom. The van der Waals surface area contributed by atoms with E-state index >= 15 is 0 Å². The molecule has 1 aromatic heterocycles. The number of ether oxygens (including phenoxy) is 1. The molecule has 0 saturated heterocycles. The van der Waals surface area contributed by atoms with E-state index in [9.17, 15) is 4.79 Å². The van der Waals surface area contributed by atoms with Crippen molar-refractivity contribution in [3.05, 3.63) is 30.1 Å². The number of nitrogens with zero attached hydrogens (tertiary/aromatic N) is 2. The van der Waals surface area contributed by atoms with Gasteiger partial charge in [0, 0.05) is 6.20 Å². The molecule has 0 amide bonds. The number of rotatable bonds is 3. The fourth-order valence-electron chi connectivity index (χ4n) is 1.35. The number of nitriles is 1. The van der Waals surface area contributed by atoms with Crippen molar-refractivity contribution in [3.63, 3.8) is 0 Å². The summed E-state index contributed by atoms with van der Waals surface area (Å²) in [6.07, 6.45) is 1.64. The molecule has 0 aliphatic carbocycles. The Hall–Kier alpha value is -1.89. The summed E-state index contributed by atoms with van der Waals surface area (Å²) in [7, 11) is 0. The van der Waals surface area contributed by atoms with Crippen LogP contribution in [0.15, 0.2) is 24.4 Å². The smallest absolute Gasteiger partial charge is 0.308 e. The third kappa shape index (κ3) is 4.64. The van der Waals surface area contributed by atoms with E-state index in [2.05, 4.69) is 11.1 Å². The molecular formula is C13H16N2O2. The zero-order chi connectivity index (χ0) is 12.9. The molecule has 1 atom stereocenters. The summed E-state index contributed by atoms with van der Waals surface area (Å²) in [5.74, 6) is -0.930. The lowest BCUT2D eigenvalue weighted by atomic mass is 10.0. The lowest BCUT2D eigenvalue weighted by Gasteiger charge is -2.20. The highest BCUT2D eigenvalue weighted by Gasteiger charge is 2.21. The molecule has 0 aliphatic heterocycles. The van der Waals surface area contributed by atoms with Crippen LogP contribution in [0.3, 0.4) is 0 Å². The fourth-order valence-corrected chi connectivity index (χ4v) is 1.35. The Balaban J connectivity index is 2.67. The van der Waals surface area contributed by atoms with Crippen molar-refractivity contribution in [3.8, 4) is 6.07 Å². The van der Waals surface area contributed by atoms with E-state index in [4.69, 9.17) is 10.00 Å². The van der Waals surface area contributed by atoms with Gasteiger partial charge in [0.05, 0.1) is 24.1 Å². The average molecular weight is 232 g/mol. The van der Waals surface area contributed by atoms with Gasteiger partial charge in [0.25, 0.3) is 0 Å². The first kappa shape index (κ1) is 13.2. The number of carbonyl (C=O) groups excluding carboxylic acids is 1. The van der Waals surface area contributed by atoms with Crippen molar-refractivity contribution >= 4 is 5.97 Å². The van der Waals surface area contributed by atoms with Gasteiger partial charge in [0.15, 0.2) is 0 Å². The third-order valence-electron chi connectivity index (χ3n) is 1.99. The summed E-state index contributed by atoms with van der Waals surface area (Å²) in [6, 6.07) is 7.37. The van der Waals surface area contributed by atoms with E-state index in [1.807, 2.05) is 0 Å². The zero-order valence-electron chi connectivity index (χ0n) is 10.3. The standard InChI is InChI=1S/C13H16N2O2/c1-13(2,3)17-12(16)8-10(9-14)11-6-4-5-7-15-11/h4-7,10H,8H2,1-3H3. The van der Waals surface area contributed by atoms with Gasteiger partial charge >= 0.3 is 5.97 Å². The summed E-state index contributed by atoms with van der Waals surface area (Å²) in [5.41, 5.74) is 0.0714. The molecule has 17 heavy (non-hydrogen) atoms. The summed E-state index contributed by atoms with van der Waals surface area (Å²) >= 11 is 0. The van der Waals surface area contributed by atoms with Crippen LogP contribution in [0.1, 0.15) is 38.8 Å². The summed E-state index contributed by atoms with van der Waals surface area (Å²) in [5, 5.41) is 9.03. The highest BCUT2D eigenvalue weighted by molar-refractivity contribution is 5.71. The minimum absolute atomic E-state index is 0.0325. The second-order valence-electron chi connectivity index (χ2n) is 4.73. The predicted octanol–water partition coefficient (Wildman–Crippen LogP) is 2.42. The maximum Gasteiger partial charge on any atom is 0.308 e. The Kier molecular flexibility index (Phi) is 4.22. The van der Waals surface area contributed by atoms with Gasteiger partial charge in [-0.15, -0.1) is 0 Å². The molecular weight excluding hydrogens is 216 g/mol. The molecule has 0 aromatic carbocycles. The number of hydrogen-bond donors (Lipinski definition) is 0. The zero-order valence-corrected chi connectivity index (χ0v) is 10.3. The molecule has 0 spiro atoms. The van der Waals surface area contributed by atoms with Crippen molar-refractivity contribution in [2.75, 3.05) is 0 Å². The summed E-state index contributed by atoms with van der Waals surface area (Å²) in [4.78, 5) is 15.7. The van der Waals surface area contributed by atoms with E-state index < -0.39 is 11.5 Å². The molecule has 0 N–H and O–H groups in total. The van der Waals surface area contributed by atoms with Crippen LogP contribution < -0.4 is 0 Å². The van der Waals surface area contributed by atoms with E-state index in [-0.39, 0.29) is 12.4 Å². The predicted molar refractivity (Wildman–Crippen MR) is 63.1 cm³/mol. The maximum atomic E-state index is 11.6. The van der Waals surface area contributed by atoms with Crippen molar-refractivity contribution < 1.29 is 9.53 Å². The molecule has 1 rings (SSSR count). The van der Waals surface area contributed by atoms with Crippen molar-refractivity contribution in [1.82, 2.24) is 4.98 Å². The Labute approximate surface area is 101 Å². The van der Waals surface area contributed by atoms with Crippen molar-refractivity contribution in [2.24, 2.45) is 0 Å².